The predicted molar refractivity (Wildman–Crippen MR) is 193 cm³/mol. The number of Topliss-reactive ketones (excluding diaryl/α,β-unsaturated/α-hetero) is 2. The maximum Gasteiger partial charge on any atom is 0.280 e. The zero-order valence-electron chi connectivity index (χ0n) is 28.4. The molecule has 0 saturated carbocycles. The SMILES string of the molecule is C[C@H](O)C(=O)c1cnc2nc(N)[nH]c(=O)c2n1.C[C@H](O[Si](c1ccccc1)(c1ccccc1)C(C)(C)C)C(=O)c1cnc2nc(N)[nH]c(=O)c2n1. The van der Waals surface area contributed by atoms with E-state index in [4.69, 9.17) is 21.0 Å². The molecule has 0 aliphatic rings. The second-order valence-electron chi connectivity index (χ2n) is 12.6. The van der Waals surface area contributed by atoms with Crippen LogP contribution in [0.15, 0.2) is 82.6 Å². The largest absolute Gasteiger partial charge is 0.397 e. The minimum atomic E-state index is -2.95. The number of carbonyl (C=O) groups is 2. The predicted octanol–water partition coefficient (Wildman–Crippen LogP) is 1.30. The van der Waals surface area contributed by atoms with Gasteiger partial charge in [0.2, 0.25) is 23.5 Å². The number of aromatic nitrogens is 8. The molecule has 262 valence electrons. The van der Waals surface area contributed by atoms with Crippen molar-refractivity contribution >= 4 is 64.5 Å². The van der Waals surface area contributed by atoms with Crippen LogP contribution in [0.2, 0.25) is 5.04 Å². The molecular formula is C34H36N10O6Si. The summed E-state index contributed by atoms with van der Waals surface area (Å²) in [6.07, 6.45) is 0.409. The molecule has 0 unspecified atom stereocenters. The smallest absolute Gasteiger partial charge is 0.280 e. The van der Waals surface area contributed by atoms with Gasteiger partial charge in [0.1, 0.15) is 23.6 Å². The van der Waals surface area contributed by atoms with Gasteiger partial charge in [-0.3, -0.25) is 29.1 Å². The summed E-state index contributed by atoms with van der Waals surface area (Å²) < 4.78 is 6.85. The minimum absolute atomic E-state index is 0.0370. The molecule has 7 N–H and O–H groups in total. The average Bonchev–Trinajstić information content (AvgIpc) is 3.10. The summed E-state index contributed by atoms with van der Waals surface area (Å²) in [6, 6.07) is 20.1. The van der Waals surface area contributed by atoms with Crippen LogP contribution in [-0.2, 0) is 4.43 Å². The molecule has 16 nitrogen and oxygen atoms in total. The number of benzene rings is 2. The highest BCUT2D eigenvalue weighted by atomic mass is 28.4. The van der Waals surface area contributed by atoms with Gasteiger partial charge < -0.3 is 21.0 Å². The Balaban J connectivity index is 0.000000248. The van der Waals surface area contributed by atoms with Crippen molar-refractivity contribution in [3.05, 3.63) is 105 Å². The van der Waals surface area contributed by atoms with Gasteiger partial charge in [0, 0.05) is 0 Å². The van der Waals surface area contributed by atoms with Crippen LogP contribution in [0, 0.1) is 0 Å². The Kier molecular flexibility index (Phi) is 10.3. The lowest BCUT2D eigenvalue weighted by Gasteiger charge is -2.44. The van der Waals surface area contributed by atoms with E-state index >= 15 is 0 Å². The van der Waals surface area contributed by atoms with Crippen LogP contribution in [-0.4, -0.2) is 77.1 Å². The van der Waals surface area contributed by atoms with Gasteiger partial charge >= 0.3 is 0 Å². The van der Waals surface area contributed by atoms with Crippen LogP contribution in [0.1, 0.15) is 55.6 Å². The topological polar surface area (TPSA) is 259 Å². The molecule has 6 aromatic rings. The van der Waals surface area contributed by atoms with Crippen molar-refractivity contribution in [2.75, 3.05) is 11.5 Å². The molecule has 17 heteroatoms. The zero-order valence-corrected chi connectivity index (χ0v) is 29.4. The summed E-state index contributed by atoms with van der Waals surface area (Å²) in [7, 11) is -2.95. The number of nitrogens with one attached hydrogen (secondary N) is 2. The van der Waals surface area contributed by atoms with Gasteiger partial charge in [-0.05, 0) is 29.3 Å². The average molecular weight is 709 g/mol. The van der Waals surface area contributed by atoms with Gasteiger partial charge in [0.05, 0.1) is 12.4 Å². The number of nitrogen functional groups attached to an aromatic ring is 2. The van der Waals surface area contributed by atoms with E-state index in [1.54, 1.807) is 6.92 Å². The van der Waals surface area contributed by atoms with Gasteiger partial charge in [-0.15, -0.1) is 0 Å². The van der Waals surface area contributed by atoms with E-state index in [0.717, 1.165) is 16.6 Å². The molecule has 0 saturated heterocycles. The highest BCUT2D eigenvalue weighted by molar-refractivity contribution is 6.99. The van der Waals surface area contributed by atoms with Gasteiger partial charge in [0.25, 0.3) is 19.4 Å². The van der Waals surface area contributed by atoms with Crippen molar-refractivity contribution in [2.45, 2.75) is 51.9 Å². The summed E-state index contributed by atoms with van der Waals surface area (Å²) in [6.45, 7) is 9.45. The van der Waals surface area contributed by atoms with Crippen molar-refractivity contribution < 1.29 is 19.1 Å². The number of nitrogens with zero attached hydrogens (tertiary/aromatic N) is 6. The van der Waals surface area contributed by atoms with Crippen LogP contribution in [0.3, 0.4) is 0 Å². The highest BCUT2D eigenvalue weighted by Gasteiger charge is 2.51. The number of rotatable bonds is 8. The van der Waals surface area contributed by atoms with E-state index in [1.165, 1.54) is 13.1 Å². The van der Waals surface area contributed by atoms with E-state index in [-0.39, 0.29) is 56.4 Å². The molecule has 6 rings (SSSR count). The van der Waals surface area contributed by atoms with E-state index in [0.29, 0.717) is 0 Å². The summed E-state index contributed by atoms with van der Waals surface area (Å²) >= 11 is 0. The Morgan fingerprint density at radius 1 is 0.725 bits per heavy atom. The number of ketones is 2. The first-order valence-electron chi connectivity index (χ1n) is 15.7. The molecule has 0 spiro atoms. The number of aliphatic hydroxyl groups excluding tert-OH is 1. The molecule has 51 heavy (non-hydrogen) atoms. The molecule has 0 aliphatic heterocycles. The second-order valence-corrected chi connectivity index (χ2v) is 16.8. The Morgan fingerprint density at radius 2 is 1.14 bits per heavy atom. The number of aliphatic hydroxyl groups is 1. The fraction of sp³-hybridized carbons (Fsp3) is 0.235. The van der Waals surface area contributed by atoms with Gasteiger partial charge in [-0.2, -0.15) is 9.97 Å². The third kappa shape index (κ3) is 7.44. The van der Waals surface area contributed by atoms with E-state index in [2.05, 4.69) is 84.9 Å². The lowest BCUT2D eigenvalue weighted by atomic mass is 10.2. The van der Waals surface area contributed by atoms with Crippen molar-refractivity contribution in [3.8, 4) is 0 Å². The molecule has 4 aromatic heterocycles. The molecule has 0 radical (unpaired) electrons. The lowest BCUT2D eigenvalue weighted by Crippen LogP contribution is -2.68. The normalized spacial score (nSPS) is 12.9. The number of hydrogen-bond acceptors (Lipinski definition) is 14. The Labute approximate surface area is 291 Å². The molecular weight excluding hydrogens is 673 g/mol. The lowest BCUT2D eigenvalue weighted by molar-refractivity contribution is 0.0773. The Hall–Kier alpha value is -6.04. The standard InChI is InChI=1S/C25H27N5O3Si.C9H9N5O3/c1-16(21(31)19-15-27-22-20(28-19)23(32)30-24(26)29-22)33-34(25(2,3)4,17-11-7-5-8-12-17)18-13-9-6-10-14-18;1-3(15)6(16)4-2-11-7-5(12-4)8(17)14-9(10)13-7/h5-16H,1-4H3,(H3,26,27,29,30,32);2-3,15H,1H3,(H3,10,11,13,14,17)/t16-;3-/m00/s1. The number of fused-ring (bicyclic) bond motifs is 2. The first-order chi connectivity index (χ1) is 24.1. The number of nitrogens with two attached hydrogens (primary N) is 2. The van der Waals surface area contributed by atoms with Gasteiger partial charge in [0.15, 0.2) is 22.3 Å². The fourth-order valence-electron chi connectivity index (χ4n) is 5.54. The number of aromatic amines is 2. The van der Waals surface area contributed by atoms with Crippen LogP contribution in [0.25, 0.3) is 22.3 Å². The second kappa shape index (κ2) is 14.4. The molecule has 0 amide bonds. The monoisotopic (exact) mass is 708 g/mol. The molecule has 0 fully saturated rings. The summed E-state index contributed by atoms with van der Waals surface area (Å²) in [4.78, 5) is 77.0. The third-order valence-electron chi connectivity index (χ3n) is 7.90. The van der Waals surface area contributed by atoms with E-state index in [9.17, 15) is 19.2 Å². The number of carbonyl (C=O) groups excluding carboxylic acids is 2. The Morgan fingerprint density at radius 3 is 1.53 bits per heavy atom. The summed E-state index contributed by atoms with van der Waals surface area (Å²) in [5.74, 6) is -1.12. The van der Waals surface area contributed by atoms with E-state index in [1.807, 2.05) is 36.4 Å². The van der Waals surface area contributed by atoms with Crippen LogP contribution < -0.4 is 33.0 Å². The van der Waals surface area contributed by atoms with Crippen molar-refractivity contribution in [2.24, 2.45) is 0 Å². The third-order valence-corrected chi connectivity index (χ3v) is 13.0. The van der Waals surface area contributed by atoms with Crippen LogP contribution >= 0.6 is 0 Å². The molecule has 4 heterocycles. The number of H-pyrrole nitrogens is 2. The van der Waals surface area contributed by atoms with Crippen molar-refractivity contribution in [3.63, 3.8) is 0 Å². The first kappa shape index (κ1) is 36.2. The zero-order chi connectivity index (χ0) is 37.1. The van der Waals surface area contributed by atoms with Gasteiger partial charge in [-0.1, -0.05) is 81.4 Å². The Bertz CT molecular complexity index is 2310. The molecule has 2 aromatic carbocycles. The van der Waals surface area contributed by atoms with Crippen LogP contribution in [0.5, 0.6) is 0 Å². The van der Waals surface area contributed by atoms with Crippen molar-refractivity contribution in [1.29, 1.82) is 0 Å². The van der Waals surface area contributed by atoms with Gasteiger partial charge in [-0.25, -0.2) is 19.9 Å². The molecule has 0 aliphatic carbocycles. The summed E-state index contributed by atoms with van der Waals surface area (Å²) in [5.41, 5.74) is 9.71. The summed E-state index contributed by atoms with van der Waals surface area (Å²) in [5, 5.41) is 11.0. The highest BCUT2D eigenvalue weighted by Crippen LogP contribution is 2.37. The molecule has 0 bridgehead atoms. The van der Waals surface area contributed by atoms with Crippen molar-refractivity contribution in [1.82, 2.24) is 39.9 Å². The fourth-order valence-corrected chi connectivity index (χ4v) is 10.2. The first-order valence-corrected chi connectivity index (χ1v) is 17.6. The maximum atomic E-state index is 13.5. The van der Waals surface area contributed by atoms with Crippen LogP contribution in [0.4, 0.5) is 11.9 Å². The van der Waals surface area contributed by atoms with E-state index < -0.39 is 37.4 Å². The number of hydrogen-bond donors (Lipinski definition) is 5. The minimum Gasteiger partial charge on any atom is -0.397 e. The maximum absolute atomic E-state index is 13.5. The molecule has 2 atom stereocenters. The number of anilines is 2. The quantitative estimate of drug-likeness (QED) is 0.110.